The Labute approximate surface area is 125 Å². The van der Waals surface area contributed by atoms with Gasteiger partial charge in [-0.05, 0) is 24.3 Å². The Hall–Kier alpha value is -3.21. The zero-order valence-corrected chi connectivity index (χ0v) is 11.5. The average Bonchev–Trinajstić information content (AvgIpc) is 2.84. The van der Waals surface area contributed by atoms with Gasteiger partial charge in [-0.3, -0.25) is 9.59 Å². The summed E-state index contributed by atoms with van der Waals surface area (Å²) in [4.78, 5) is 31.3. The Morgan fingerprint density at radius 1 is 0.955 bits per heavy atom. The normalized spacial score (nSPS) is 15.1. The van der Waals surface area contributed by atoms with Crippen molar-refractivity contribution in [3.05, 3.63) is 70.3 Å². The molecule has 0 saturated carbocycles. The number of aromatic nitrogens is 2. The number of rotatable bonds is 1. The van der Waals surface area contributed by atoms with E-state index in [1.54, 1.807) is 24.3 Å². The number of anilines is 1. The molecule has 0 unspecified atom stereocenters. The van der Waals surface area contributed by atoms with Crippen LogP contribution in [0.4, 0.5) is 5.69 Å². The van der Waals surface area contributed by atoms with Crippen LogP contribution >= 0.6 is 0 Å². The van der Waals surface area contributed by atoms with Gasteiger partial charge in [0, 0.05) is 11.3 Å². The second-order valence-electron chi connectivity index (χ2n) is 5.03. The number of hydrogen-bond acceptors (Lipinski definition) is 3. The molecule has 0 fully saturated rings. The fourth-order valence-corrected chi connectivity index (χ4v) is 2.59. The van der Waals surface area contributed by atoms with Gasteiger partial charge in [-0.2, -0.15) is 0 Å². The van der Waals surface area contributed by atoms with E-state index < -0.39 is 0 Å². The molecular formula is C17H11N3O2. The number of hydrogen-bond donors (Lipinski definition) is 2. The van der Waals surface area contributed by atoms with Crippen molar-refractivity contribution in [2.75, 3.05) is 5.32 Å². The number of carbonyl (C=O) groups excluding carboxylic acids is 1. The molecule has 0 radical (unpaired) electrons. The summed E-state index contributed by atoms with van der Waals surface area (Å²) in [5, 5.41) is 3.32. The van der Waals surface area contributed by atoms with E-state index in [4.69, 9.17) is 0 Å². The number of H-pyrrole nitrogens is 1. The second kappa shape index (κ2) is 4.66. The lowest BCUT2D eigenvalue weighted by molar-refractivity contribution is -0.110. The van der Waals surface area contributed by atoms with E-state index in [2.05, 4.69) is 15.3 Å². The van der Waals surface area contributed by atoms with Crippen molar-refractivity contribution in [2.24, 2.45) is 0 Å². The minimum atomic E-state index is -0.218. The maximum atomic E-state index is 12.1. The van der Waals surface area contributed by atoms with Crippen LogP contribution < -0.4 is 10.9 Å². The number of aromatic amines is 1. The summed E-state index contributed by atoms with van der Waals surface area (Å²) in [6.45, 7) is 0. The smallest absolute Gasteiger partial charge is 0.259 e. The summed E-state index contributed by atoms with van der Waals surface area (Å²) < 4.78 is 0. The molecule has 2 heterocycles. The Kier molecular flexibility index (Phi) is 2.66. The van der Waals surface area contributed by atoms with E-state index in [-0.39, 0.29) is 11.5 Å². The monoisotopic (exact) mass is 289 g/mol. The van der Waals surface area contributed by atoms with Crippen LogP contribution in [0.1, 0.15) is 11.4 Å². The molecule has 2 N–H and O–H groups in total. The number of amides is 1. The van der Waals surface area contributed by atoms with Gasteiger partial charge in [0.2, 0.25) is 0 Å². The van der Waals surface area contributed by atoms with Crippen molar-refractivity contribution < 1.29 is 4.79 Å². The van der Waals surface area contributed by atoms with Crippen LogP contribution in [0.15, 0.2) is 53.3 Å². The van der Waals surface area contributed by atoms with E-state index in [1.165, 1.54) is 0 Å². The predicted octanol–water partition coefficient (Wildman–Crippen LogP) is 2.42. The highest BCUT2D eigenvalue weighted by atomic mass is 16.2. The van der Waals surface area contributed by atoms with Gasteiger partial charge in [0.15, 0.2) is 0 Å². The molecule has 2 aromatic carbocycles. The Morgan fingerprint density at radius 3 is 2.64 bits per heavy atom. The van der Waals surface area contributed by atoms with Crippen LogP contribution in [0.2, 0.25) is 0 Å². The summed E-state index contributed by atoms with van der Waals surface area (Å²) in [5.41, 5.74) is 2.45. The molecule has 5 heteroatoms. The third-order valence-corrected chi connectivity index (χ3v) is 3.62. The quantitative estimate of drug-likeness (QED) is 0.676. The molecule has 0 spiro atoms. The summed E-state index contributed by atoms with van der Waals surface area (Å²) >= 11 is 0. The minimum absolute atomic E-state index is 0.197. The maximum absolute atomic E-state index is 12.1. The fourth-order valence-electron chi connectivity index (χ4n) is 2.59. The highest BCUT2D eigenvalue weighted by Crippen LogP contribution is 2.32. The summed E-state index contributed by atoms with van der Waals surface area (Å²) in [6.07, 6.45) is 1.61. The average molecular weight is 289 g/mol. The Balaban J connectivity index is 1.90. The zero-order valence-electron chi connectivity index (χ0n) is 11.5. The van der Waals surface area contributed by atoms with Gasteiger partial charge < -0.3 is 10.3 Å². The van der Waals surface area contributed by atoms with Crippen molar-refractivity contribution in [2.45, 2.75) is 0 Å². The molecule has 1 amide bonds. The highest BCUT2D eigenvalue weighted by Gasteiger charge is 2.23. The van der Waals surface area contributed by atoms with Crippen molar-refractivity contribution >= 4 is 34.1 Å². The van der Waals surface area contributed by atoms with E-state index in [0.717, 1.165) is 11.3 Å². The van der Waals surface area contributed by atoms with Crippen LogP contribution in [0.3, 0.4) is 0 Å². The highest BCUT2D eigenvalue weighted by molar-refractivity contribution is 6.34. The van der Waals surface area contributed by atoms with Gasteiger partial charge in [0.1, 0.15) is 5.82 Å². The lowest BCUT2D eigenvalue weighted by Crippen LogP contribution is -2.10. The third-order valence-electron chi connectivity index (χ3n) is 3.62. The molecule has 0 atom stereocenters. The molecule has 4 rings (SSSR count). The molecular weight excluding hydrogens is 278 g/mol. The molecule has 1 aliphatic rings. The van der Waals surface area contributed by atoms with Crippen molar-refractivity contribution in [3.8, 4) is 0 Å². The summed E-state index contributed by atoms with van der Waals surface area (Å²) in [7, 11) is 0. The third kappa shape index (κ3) is 1.91. The molecule has 0 saturated heterocycles. The minimum Gasteiger partial charge on any atom is -0.321 e. The SMILES string of the molecule is O=C1Nc2ccccc2/C1=C/c1nc2ccccc2c(=O)[nH]1. The molecule has 5 nitrogen and oxygen atoms in total. The van der Waals surface area contributed by atoms with Gasteiger partial charge in [0.05, 0.1) is 16.5 Å². The first kappa shape index (κ1) is 12.5. The molecule has 1 aliphatic heterocycles. The molecule has 0 bridgehead atoms. The number of nitrogens with one attached hydrogen (secondary N) is 2. The van der Waals surface area contributed by atoms with Crippen molar-refractivity contribution in [3.63, 3.8) is 0 Å². The van der Waals surface area contributed by atoms with Crippen molar-refractivity contribution in [1.29, 1.82) is 0 Å². The largest absolute Gasteiger partial charge is 0.321 e. The number of benzene rings is 2. The van der Waals surface area contributed by atoms with Gasteiger partial charge in [-0.1, -0.05) is 30.3 Å². The van der Waals surface area contributed by atoms with E-state index in [9.17, 15) is 9.59 Å². The molecule has 3 aromatic rings. The first-order valence-corrected chi connectivity index (χ1v) is 6.84. The first-order chi connectivity index (χ1) is 10.7. The maximum Gasteiger partial charge on any atom is 0.259 e. The van der Waals surface area contributed by atoms with E-state index in [0.29, 0.717) is 22.3 Å². The predicted molar refractivity (Wildman–Crippen MR) is 85.3 cm³/mol. The molecule has 0 aliphatic carbocycles. The number of carbonyl (C=O) groups is 1. The van der Waals surface area contributed by atoms with Crippen molar-refractivity contribution in [1.82, 2.24) is 9.97 Å². The molecule has 1 aromatic heterocycles. The Bertz CT molecular complexity index is 1000. The van der Waals surface area contributed by atoms with Gasteiger partial charge in [0.25, 0.3) is 11.5 Å². The lowest BCUT2D eigenvalue weighted by atomic mass is 10.1. The fraction of sp³-hybridized carbons (Fsp3) is 0. The topological polar surface area (TPSA) is 74.8 Å². The van der Waals surface area contributed by atoms with Gasteiger partial charge in [-0.15, -0.1) is 0 Å². The van der Waals surface area contributed by atoms with Gasteiger partial charge in [-0.25, -0.2) is 4.98 Å². The first-order valence-electron chi connectivity index (χ1n) is 6.84. The lowest BCUT2D eigenvalue weighted by Gasteiger charge is -2.00. The van der Waals surface area contributed by atoms with E-state index >= 15 is 0 Å². The standard InChI is InChI=1S/C17H11N3O2/c21-16-11-6-2-4-8-14(11)18-15(20-16)9-12-10-5-1-3-7-13(10)19-17(12)22/h1-9H,(H,19,22)(H,18,20,21)/b12-9-. The molecule has 22 heavy (non-hydrogen) atoms. The van der Waals surface area contributed by atoms with Crippen LogP contribution in [0.5, 0.6) is 0 Å². The van der Waals surface area contributed by atoms with Crippen LogP contribution in [-0.2, 0) is 4.79 Å². The van der Waals surface area contributed by atoms with E-state index in [1.807, 2.05) is 30.3 Å². The summed E-state index contributed by atoms with van der Waals surface area (Å²) in [6, 6.07) is 14.5. The second-order valence-corrected chi connectivity index (χ2v) is 5.03. The Morgan fingerprint density at radius 2 is 1.73 bits per heavy atom. The number of para-hydroxylation sites is 2. The number of nitrogens with zero attached hydrogens (tertiary/aromatic N) is 1. The van der Waals surface area contributed by atoms with Gasteiger partial charge >= 0.3 is 0 Å². The zero-order chi connectivity index (χ0) is 15.1. The van der Waals surface area contributed by atoms with Crippen LogP contribution in [-0.4, -0.2) is 15.9 Å². The van der Waals surface area contributed by atoms with Crippen LogP contribution in [0, 0.1) is 0 Å². The molecule has 106 valence electrons. The van der Waals surface area contributed by atoms with Crippen LogP contribution in [0.25, 0.3) is 22.6 Å². The summed E-state index contributed by atoms with van der Waals surface area (Å²) in [5.74, 6) is 0.169. The number of fused-ring (bicyclic) bond motifs is 2.